The molecule has 0 saturated carbocycles. The fraction of sp³-hybridized carbons (Fsp3) is 0.143. The van der Waals surface area contributed by atoms with Gasteiger partial charge in [-0.2, -0.15) is 5.10 Å². The zero-order chi connectivity index (χ0) is 9.30. The number of nitrogens with zero attached hydrogens (tertiary/aromatic N) is 2. The van der Waals surface area contributed by atoms with Gasteiger partial charge in [-0.25, -0.2) is 0 Å². The second-order valence-electron chi connectivity index (χ2n) is 2.24. The number of aryl methyl sites for hydroxylation is 1. The minimum absolute atomic E-state index is 0.111. The van der Waals surface area contributed by atoms with Crippen LogP contribution in [0.4, 0.5) is 5.82 Å². The number of carbonyl (C=O) groups excluding carboxylic acids is 1. The average molecular weight is 164 g/mol. The first-order valence-electron chi connectivity index (χ1n) is 3.16. The quantitative estimate of drug-likeness (QED) is 0.526. The van der Waals surface area contributed by atoms with E-state index >= 15 is 0 Å². The summed E-state index contributed by atoms with van der Waals surface area (Å²) in [5, 5.41) is 3.80. The molecule has 0 fully saturated rings. The minimum atomic E-state index is -0.659. The molecule has 0 aromatic carbocycles. The number of nitrogen functional groups attached to an aromatic ring is 1. The van der Waals surface area contributed by atoms with Crippen molar-refractivity contribution in [1.29, 1.82) is 0 Å². The van der Waals surface area contributed by atoms with Gasteiger partial charge in [-0.1, -0.05) is 0 Å². The highest BCUT2D eigenvalue weighted by Crippen LogP contribution is 2.13. The summed E-state index contributed by atoms with van der Waals surface area (Å²) >= 11 is 0. The molecule has 0 aliphatic rings. The molecular formula is C7H8N4O. The predicted octanol–water partition coefficient (Wildman–Crippen LogP) is -0.917. The standard InChI is InChI=1S/C7H8N4O/c1-3-4-5(7(9)12)6(8)11(2)10-4/h1H,8H2,2H3,(H2,9,12). The Bertz CT molecular complexity index is 371. The molecule has 0 unspecified atom stereocenters. The third-order valence-electron chi connectivity index (χ3n) is 1.47. The topological polar surface area (TPSA) is 86.9 Å². The van der Waals surface area contributed by atoms with E-state index in [1.165, 1.54) is 4.68 Å². The van der Waals surface area contributed by atoms with Crippen molar-refractivity contribution >= 4 is 11.7 Å². The fourth-order valence-electron chi connectivity index (χ4n) is 0.881. The van der Waals surface area contributed by atoms with E-state index in [1.807, 2.05) is 0 Å². The zero-order valence-corrected chi connectivity index (χ0v) is 6.53. The van der Waals surface area contributed by atoms with Crippen molar-refractivity contribution in [2.24, 2.45) is 12.8 Å². The molecular weight excluding hydrogens is 156 g/mol. The Morgan fingerprint density at radius 1 is 1.75 bits per heavy atom. The number of carbonyl (C=O) groups is 1. The molecule has 1 aromatic rings. The van der Waals surface area contributed by atoms with E-state index in [2.05, 4.69) is 11.0 Å². The largest absolute Gasteiger partial charge is 0.383 e. The monoisotopic (exact) mass is 164 g/mol. The highest BCUT2D eigenvalue weighted by atomic mass is 16.1. The van der Waals surface area contributed by atoms with Crippen LogP contribution in [0, 0.1) is 12.3 Å². The highest BCUT2D eigenvalue weighted by molar-refractivity contribution is 5.99. The molecule has 0 saturated heterocycles. The SMILES string of the molecule is C#Cc1nn(C)c(N)c1C(N)=O. The van der Waals surface area contributed by atoms with Crippen LogP contribution in [-0.4, -0.2) is 15.7 Å². The van der Waals surface area contributed by atoms with E-state index < -0.39 is 5.91 Å². The summed E-state index contributed by atoms with van der Waals surface area (Å²) in [5.74, 6) is 1.76. The first-order valence-corrected chi connectivity index (χ1v) is 3.16. The van der Waals surface area contributed by atoms with Crippen LogP contribution in [0.1, 0.15) is 16.1 Å². The molecule has 12 heavy (non-hydrogen) atoms. The predicted molar refractivity (Wildman–Crippen MR) is 44.1 cm³/mol. The fourth-order valence-corrected chi connectivity index (χ4v) is 0.881. The maximum atomic E-state index is 10.8. The van der Waals surface area contributed by atoms with E-state index in [1.54, 1.807) is 7.05 Å². The van der Waals surface area contributed by atoms with E-state index in [9.17, 15) is 4.79 Å². The lowest BCUT2D eigenvalue weighted by Crippen LogP contribution is -2.14. The van der Waals surface area contributed by atoms with Gasteiger partial charge >= 0.3 is 0 Å². The molecule has 1 amide bonds. The number of rotatable bonds is 1. The van der Waals surface area contributed by atoms with Crippen LogP contribution in [-0.2, 0) is 7.05 Å². The molecule has 1 aromatic heterocycles. The highest BCUT2D eigenvalue weighted by Gasteiger charge is 2.16. The third kappa shape index (κ3) is 0.992. The van der Waals surface area contributed by atoms with Gasteiger partial charge in [0.15, 0.2) is 0 Å². The Morgan fingerprint density at radius 2 is 2.33 bits per heavy atom. The number of anilines is 1. The van der Waals surface area contributed by atoms with Crippen molar-refractivity contribution < 1.29 is 4.79 Å². The summed E-state index contributed by atoms with van der Waals surface area (Å²) in [6.07, 6.45) is 5.08. The molecule has 1 heterocycles. The van der Waals surface area contributed by atoms with Crippen molar-refractivity contribution in [3.63, 3.8) is 0 Å². The van der Waals surface area contributed by atoms with Crippen molar-refractivity contribution in [2.45, 2.75) is 0 Å². The smallest absolute Gasteiger partial charge is 0.255 e. The second-order valence-corrected chi connectivity index (χ2v) is 2.24. The molecule has 0 atom stereocenters. The summed E-state index contributed by atoms with van der Waals surface area (Å²) < 4.78 is 1.31. The van der Waals surface area contributed by atoms with Crippen LogP contribution in [0.25, 0.3) is 0 Å². The first-order chi connectivity index (χ1) is 5.57. The molecule has 0 spiro atoms. The van der Waals surface area contributed by atoms with Crippen LogP contribution >= 0.6 is 0 Å². The van der Waals surface area contributed by atoms with Gasteiger partial charge in [0.2, 0.25) is 0 Å². The van der Waals surface area contributed by atoms with Gasteiger partial charge in [-0.05, 0) is 5.92 Å². The number of aromatic nitrogens is 2. The van der Waals surface area contributed by atoms with Gasteiger partial charge in [0, 0.05) is 7.05 Å². The van der Waals surface area contributed by atoms with Crippen LogP contribution in [0.2, 0.25) is 0 Å². The Kier molecular flexibility index (Phi) is 1.75. The number of hydrogen-bond acceptors (Lipinski definition) is 3. The lowest BCUT2D eigenvalue weighted by atomic mass is 10.2. The van der Waals surface area contributed by atoms with Gasteiger partial charge in [-0.15, -0.1) is 6.42 Å². The maximum Gasteiger partial charge on any atom is 0.255 e. The molecule has 4 N–H and O–H groups in total. The Morgan fingerprint density at radius 3 is 2.67 bits per heavy atom. The summed E-state index contributed by atoms with van der Waals surface area (Å²) in [4.78, 5) is 10.8. The molecule has 0 aliphatic carbocycles. The van der Waals surface area contributed by atoms with Gasteiger partial charge in [0.1, 0.15) is 17.1 Å². The summed E-state index contributed by atoms with van der Waals surface area (Å²) in [6, 6.07) is 0. The Labute approximate surface area is 69.3 Å². The van der Waals surface area contributed by atoms with Gasteiger partial charge < -0.3 is 11.5 Å². The average Bonchev–Trinajstić information content (AvgIpc) is 2.28. The molecule has 0 radical (unpaired) electrons. The molecule has 0 bridgehead atoms. The third-order valence-corrected chi connectivity index (χ3v) is 1.47. The molecule has 5 heteroatoms. The first kappa shape index (κ1) is 8.14. The van der Waals surface area contributed by atoms with E-state index in [0.717, 1.165) is 0 Å². The normalized spacial score (nSPS) is 9.33. The van der Waals surface area contributed by atoms with Crippen molar-refractivity contribution in [1.82, 2.24) is 9.78 Å². The minimum Gasteiger partial charge on any atom is -0.383 e. The summed E-state index contributed by atoms with van der Waals surface area (Å²) in [6.45, 7) is 0. The van der Waals surface area contributed by atoms with Gasteiger partial charge in [-0.3, -0.25) is 9.48 Å². The van der Waals surface area contributed by atoms with Crippen LogP contribution in [0.3, 0.4) is 0 Å². The number of nitrogens with two attached hydrogens (primary N) is 2. The number of primary amides is 1. The van der Waals surface area contributed by atoms with Gasteiger partial charge in [0.05, 0.1) is 0 Å². The molecule has 5 nitrogen and oxygen atoms in total. The number of terminal acetylenes is 1. The molecule has 1 rings (SSSR count). The Balaban J connectivity index is 3.44. The Hall–Kier alpha value is -1.96. The summed E-state index contributed by atoms with van der Waals surface area (Å²) in [5.41, 5.74) is 10.8. The molecule has 62 valence electrons. The zero-order valence-electron chi connectivity index (χ0n) is 6.53. The van der Waals surface area contributed by atoms with E-state index in [4.69, 9.17) is 17.9 Å². The molecule has 0 aliphatic heterocycles. The van der Waals surface area contributed by atoms with Crippen molar-refractivity contribution in [2.75, 3.05) is 5.73 Å². The van der Waals surface area contributed by atoms with Gasteiger partial charge in [0.25, 0.3) is 5.91 Å². The number of amides is 1. The lowest BCUT2D eigenvalue weighted by molar-refractivity contribution is 0.100. The summed E-state index contributed by atoms with van der Waals surface area (Å²) in [7, 11) is 1.59. The second kappa shape index (κ2) is 2.58. The van der Waals surface area contributed by atoms with Crippen LogP contribution in [0.5, 0.6) is 0 Å². The van der Waals surface area contributed by atoms with E-state index in [-0.39, 0.29) is 17.1 Å². The maximum absolute atomic E-state index is 10.8. The number of hydrogen-bond donors (Lipinski definition) is 2. The van der Waals surface area contributed by atoms with E-state index in [0.29, 0.717) is 0 Å². The van der Waals surface area contributed by atoms with Crippen molar-refractivity contribution in [3.8, 4) is 12.3 Å². The van der Waals surface area contributed by atoms with Crippen molar-refractivity contribution in [3.05, 3.63) is 11.3 Å². The van der Waals surface area contributed by atoms with Crippen LogP contribution < -0.4 is 11.5 Å². The van der Waals surface area contributed by atoms with Crippen LogP contribution in [0.15, 0.2) is 0 Å². The lowest BCUT2D eigenvalue weighted by Gasteiger charge is -1.93.